The number of halogens is 2. The minimum absolute atomic E-state index is 0.0925. The van der Waals surface area contributed by atoms with Crippen LogP contribution >= 0.6 is 27.5 Å². The Morgan fingerprint density at radius 1 is 0.975 bits per heavy atom. The predicted octanol–water partition coefficient (Wildman–Crippen LogP) is 4.87. The first-order chi connectivity index (χ1) is 19.0. The molecule has 1 atom stereocenters. The van der Waals surface area contributed by atoms with Gasteiger partial charge in [0.1, 0.15) is 12.6 Å². The smallest absolute Gasteiger partial charge is 0.264 e. The van der Waals surface area contributed by atoms with Gasteiger partial charge in [0.15, 0.2) is 11.5 Å². The van der Waals surface area contributed by atoms with Crippen LogP contribution in [0.4, 0.5) is 5.69 Å². The Labute approximate surface area is 248 Å². The average molecular weight is 653 g/mol. The lowest BCUT2D eigenvalue weighted by Gasteiger charge is -2.32. The van der Waals surface area contributed by atoms with Crippen molar-refractivity contribution in [2.75, 3.05) is 31.6 Å². The van der Waals surface area contributed by atoms with Crippen LogP contribution in [0.5, 0.6) is 11.5 Å². The second-order valence-electron chi connectivity index (χ2n) is 8.72. The summed E-state index contributed by atoms with van der Waals surface area (Å²) >= 11 is 9.46. The van der Waals surface area contributed by atoms with Crippen molar-refractivity contribution in [3.63, 3.8) is 0 Å². The van der Waals surface area contributed by atoms with Crippen LogP contribution in [0.2, 0.25) is 5.02 Å². The zero-order chi connectivity index (χ0) is 29.4. The number of nitrogens with one attached hydrogen (secondary N) is 1. The molecule has 2 amide bonds. The van der Waals surface area contributed by atoms with Crippen LogP contribution in [0.25, 0.3) is 0 Å². The molecule has 0 radical (unpaired) electrons. The quantitative estimate of drug-likeness (QED) is 0.300. The molecule has 0 aliphatic carbocycles. The third-order valence-electron chi connectivity index (χ3n) is 6.12. The largest absolute Gasteiger partial charge is 0.493 e. The van der Waals surface area contributed by atoms with E-state index in [4.69, 9.17) is 21.1 Å². The molecule has 0 unspecified atom stereocenters. The number of hydrogen-bond donors (Lipinski definition) is 1. The highest BCUT2D eigenvalue weighted by molar-refractivity contribution is 9.10. The first-order valence-electron chi connectivity index (χ1n) is 12.3. The van der Waals surface area contributed by atoms with Gasteiger partial charge in [-0.15, -0.1) is 0 Å². The lowest BCUT2D eigenvalue weighted by molar-refractivity contribution is -0.139. The van der Waals surface area contributed by atoms with Gasteiger partial charge < -0.3 is 19.7 Å². The van der Waals surface area contributed by atoms with Gasteiger partial charge in [-0.05, 0) is 67.9 Å². The number of ether oxygens (including phenoxy) is 2. The predicted molar refractivity (Wildman–Crippen MR) is 158 cm³/mol. The number of likely N-dealkylation sites (N-methyl/N-ethyl adjacent to an activating group) is 1. The lowest BCUT2D eigenvalue weighted by atomic mass is 10.1. The molecule has 0 bridgehead atoms. The van der Waals surface area contributed by atoms with E-state index in [0.29, 0.717) is 17.3 Å². The zero-order valence-electron chi connectivity index (χ0n) is 22.6. The van der Waals surface area contributed by atoms with Gasteiger partial charge in [-0.2, -0.15) is 0 Å². The van der Waals surface area contributed by atoms with Crippen LogP contribution in [0.3, 0.4) is 0 Å². The van der Waals surface area contributed by atoms with E-state index >= 15 is 0 Å². The highest BCUT2D eigenvalue weighted by Crippen LogP contribution is 2.32. The molecule has 3 aromatic rings. The average Bonchev–Trinajstić information content (AvgIpc) is 2.95. The third-order valence-corrected chi connectivity index (χ3v) is 8.67. The number of carbonyl (C=O) groups is 2. The Hall–Kier alpha value is -3.28. The van der Waals surface area contributed by atoms with Crippen LogP contribution in [0.15, 0.2) is 76.1 Å². The fraction of sp³-hybridized carbons (Fsp3) is 0.286. The summed E-state index contributed by atoms with van der Waals surface area (Å²) in [6, 6.07) is 16.7. The first-order valence-corrected chi connectivity index (χ1v) is 14.9. The van der Waals surface area contributed by atoms with Crippen molar-refractivity contribution in [1.82, 2.24) is 10.2 Å². The molecule has 3 rings (SSSR count). The number of amides is 2. The van der Waals surface area contributed by atoms with Crippen LogP contribution in [-0.2, 0) is 26.2 Å². The molecular formula is C28H31BrClN3O6S. The van der Waals surface area contributed by atoms with E-state index in [2.05, 4.69) is 21.2 Å². The van der Waals surface area contributed by atoms with Crippen molar-refractivity contribution in [2.45, 2.75) is 31.3 Å². The van der Waals surface area contributed by atoms with E-state index in [-0.39, 0.29) is 28.8 Å². The lowest BCUT2D eigenvalue weighted by Crippen LogP contribution is -2.51. The summed E-state index contributed by atoms with van der Waals surface area (Å²) < 4.78 is 40.4. The van der Waals surface area contributed by atoms with Gasteiger partial charge in [-0.1, -0.05) is 39.7 Å². The molecule has 40 heavy (non-hydrogen) atoms. The Morgan fingerprint density at radius 2 is 1.60 bits per heavy atom. The SMILES string of the molecule is CCNC(=O)[C@H](C)N(Cc1ccc(Br)cc1)C(=O)CN(c1ccc(Cl)cc1)S(=O)(=O)c1ccc(OC)c(OC)c1. The van der Waals surface area contributed by atoms with E-state index in [1.165, 1.54) is 61.6 Å². The van der Waals surface area contributed by atoms with Crippen LogP contribution in [0.1, 0.15) is 19.4 Å². The number of nitrogens with zero attached hydrogens (tertiary/aromatic N) is 2. The molecule has 0 aliphatic rings. The normalized spacial score (nSPS) is 11.8. The summed E-state index contributed by atoms with van der Waals surface area (Å²) in [7, 11) is -1.44. The van der Waals surface area contributed by atoms with Crippen molar-refractivity contribution < 1.29 is 27.5 Å². The number of methoxy groups -OCH3 is 2. The Kier molecular flexibility index (Phi) is 10.8. The summed E-state index contributed by atoms with van der Waals surface area (Å²) in [5.41, 5.74) is 0.996. The van der Waals surface area contributed by atoms with E-state index in [9.17, 15) is 18.0 Å². The molecule has 9 nitrogen and oxygen atoms in total. The molecule has 0 saturated heterocycles. The van der Waals surface area contributed by atoms with Crippen molar-refractivity contribution in [2.24, 2.45) is 0 Å². The minimum Gasteiger partial charge on any atom is -0.493 e. The van der Waals surface area contributed by atoms with Gasteiger partial charge in [-0.3, -0.25) is 13.9 Å². The second kappa shape index (κ2) is 13.9. The molecule has 0 aromatic heterocycles. The molecule has 0 fully saturated rings. The fourth-order valence-corrected chi connectivity index (χ4v) is 5.75. The van der Waals surface area contributed by atoms with E-state index in [1.807, 2.05) is 24.3 Å². The number of rotatable bonds is 12. The number of sulfonamides is 1. The number of anilines is 1. The highest BCUT2D eigenvalue weighted by atomic mass is 79.9. The Balaban J connectivity index is 2.06. The summed E-state index contributed by atoms with van der Waals surface area (Å²) in [6.45, 7) is 3.29. The van der Waals surface area contributed by atoms with Crippen LogP contribution in [0, 0.1) is 0 Å². The van der Waals surface area contributed by atoms with Gasteiger partial charge in [0.05, 0.1) is 24.8 Å². The molecule has 0 saturated carbocycles. The summed E-state index contributed by atoms with van der Waals surface area (Å²) in [5, 5.41) is 3.14. The second-order valence-corrected chi connectivity index (χ2v) is 11.9. The van der Waals surface area contributed by atoms with E-state index < -0.39 is 28.5 Å². The molecule has 12 heteroatoms. The van der Waals surface area contributed by atoms with Gasteiger partial charge in [-0.25, -0.2) is 8.42 Å². The van der Waals surface area contributed by atoms with Gasteiger partial charge in [0, 0.05) is 28.7 Å². The highest BCUT2D eigenvalue weighted by Gasteiger charge is 2.33. The topological polar surface area (TPSA) is 105 Å². The van der Waals surface area contributed by atoms with Gasteiger partial charge in [0.2, 0.25) is 11.8 Å². The fourth-order valence-electron chi connectivity index (χ4n) is 3.93. The maximum atomic E-state index is 14.0. The van der Waals surface area contributed by atoms with Gasteiger partial charge in [0.25, 0.3) is 10.0 Å². The molecule has 0 aliphatic heterocycles. The molecular weight excluding hydrogens is 622 g/mol. The van der Waals surface area contributed by atoms with E-state index in [1.54, 1.807) is 13.8 Å². The minimum atomic E-state index is -4.29. The summed E-state index contributed by atoms with van der Waals surface area (Å²) in [6.07, 6.45) is 0. The van der Waals surface area contributed by atoms with Crippen molar-refractivity contribution in [3.05, 3.63) is 81.8 Å². The molecule has 0 spiro atoms. The maximum absolute atomic E-state index is 14.0. The molecule has 0 heterocycles. The van der Waals surface area contributed by atoms with Crippen LogP contribution < -0.4 is 19.1 Å². The van der Waals surface area contributed by atoms with Crippen molar-refractivity contribution >= 4 is 55.1 Å². The Morgan fingerprint density at radius 3 is 2.17 bits per heavy atom. The molecule has 3 aromatic carbocycles. The summed E-state index contributed by atoms with van der Waals surface area (Å²) in [4.78, 5) is 27.9. The standard InChI is InChI=1S/C28H31BrClN3O6S/c1-5-31-28(35)19(2)32(17-20-6-8-21(29)9-7-20)27(34)18-33(23-12-10-22(30)11-13-23)40(36,37)24-14-15-25(38-3)26(16-24)39-4/h6-16,19H,5,17-18H2,1-4H3,(H,31,35)/t19-/m0/s1. The maximum Gasteiger partial charge on any atom is 0.264 e. The zero-order valence-corrected chi connectivity index (χ0v) is 25.7. The molecule has 214 valence electrons. The van der Waals surface area contributed by atoms with Crippen molar-refractivity contribution in [1.29, 1.82) is 0 Å². The summed E-state index contributed by atoms with van der Waals surface area (Å²) in [5.74, 6) is -0.353. The van der Waals surface area contributed by atoms with E-state index in [0.717, 1.165) is 14.3 Å². The Bertz CT molecular complexity index is 1440. The number of benzene rings is 3. The van der Waals surface area contributed by atoms with Gasteiger partial charge >= 0.3 is 0 Å². The first kappa shape index (κ1) is 31.3. The third kappa shape index (κ3) is 7.47. The molecule has 1 N–H and O–H groups in total. The number of carbonyl (C=O) groups excluding carboxylic acids is 2. The van der Waals surface area contributed by atoms with Crippen molar-refractivity contribution in [3.8, 4) is 11.5 Å². The monoisotopic (exact) mass is 651 g/mol. The number of hydrogen-bond acceptors (Lipinski definition) is 6. The van der Waals surface area contributed by atoms with Crippen LogP contribution in [-0.4, -0.2) is 58.5 Å².